The van der Waals surface area contributed by atoms with E-state index in [-0.39, 0.29) is 17.8 Å². The third kappa shape index (κ3) is 4.86. The van der Waals surface area contributed by atoms with Gasteiger partial charge in [-0.2, -0.15) is 0 Å². The fourth-order valence-corrected chi connectivity index (χ4v) is 1.82. The standard InChI is InChI=1S/C17H19FN2O2/c1-12(17(19)21)20-10-13-4-8-16(9-5-13)22-11-14-2-6-15(18)7-3-14/h2-9,12,20H,10-11H2,1H3,(H2,19,21)/t12-/m1/s1. The Kier molecular flexibility index (Phi) is 5.49. The minimum absolute atomic E-state index is 0.259. The number of nitrogens with one attached hydrogen (secondary N) is 1. The summed E-state index contributed by atoms with van der Waals surface area (Å²) < 4.78 is 18.4. The Bertz CT molecular complexity index is 612. The van der Waals surface area contributed by atoms with Crippen LogP contribution < -0.4 is 15.8 Å². The van der Waals surface area contributed by atoms with Gasteiger partial charge in [0.25, 0.3) is 0 Å². The molecule has 0 unspecified atom stereocenters. The quantitative estimate of drug-likeness (QED) is 0.825. The van der Waals surface area contributed by atoms with Crippen LogP contribution in [0.15, 0.2) is 48.5 Å². The van der Waals surface area contributed by atoms with Gasteiger partial charge in [-0.05, 0) is 42.3 Å². The van der Waals surface area contributed by atoms with E-state index < -0.39 is 0 Å². The summed E-state index contributed by atoms with van der Waals surface area (Å²) in [6.45, 7) is 2.67. The topological polar surface area (TPSA) is 64.3 Å². The average Bonchev–Trinajstić information content (AvgIpc) is 2.53. The second-order valence-corrected chi connectivity index (χ2v) is 5.06. The number of primary amides is 1. The van der Waals surface area contributed by atoms with E-state index in [1.54, 1.807) is 19.1 Å². The monoisotopic (exact) mass is 302 g/mol. The van der Waals surface area contributed by atoms with Gasteiger partial charge in [-0.15, -0.1) is 0 Å². The second-order valence-electron chi connectivity index (χ2n) is 5.06. The zero-order valence-corrected chi connectivity index (χ0v) is 12.4. The molecule has 2 aromatic rings. The van der Waals surface area contributed by atoms with Crippen molar-refractivity contribution in [2.24, 2.45) is 5.73 Å². The number of nitrogens with two attached hydrogens (primary N) is 1. The molecular formula is C17H19FN2O2. The number of carbonyl (C=O) groups is 1. The molecule has 0 saturated heterocycles. The number of halogens is 1. The molecule has 0 spiro atoms. The van der Waals surface area contributed by atoms with Crippen molar-refractivity contribution in [2.75, 3.05) is 0 Å². The highest BCUT2D eigenvalue weighted by Crippen LogP contribution is 2.14. The van der Waals surface area contributed by atoms with Crippen LogP contribution in [0.5, 0.6) is 5.75 Å². The zero-order chi connectivity index (χ0) is 15.9. The highest BCUT2D eigenvalue weighted by atomic mass is 19.1. The van der Waals surface area contributed by atoms with Crippen molar-refractivity contribution in [2.45, 2.75) is 26.1 Å². The average molecular weight is 302 g/mol. The van der Waals surface area contributed by atoms with Gasteiger partial charge >= 0.3 is 0 Å². The van der Waals surface area contributed by atoms with Crippen molar-refractivity contribution < 1.29 is 13.9 Å². The summed E-state index contributed by atoms with van der Waals surface area (Å²) in [7, 11) is 0. The molecule has 0 fully saturated rings. The van der Waals surface area contributed by atoms with E-state index in [1.807, 2.05) is 24.3 Å². The van der Waals surface area contributed by atoms with Crippen molar-refractivity contribution >= 4 is 5.91 Å². The first-order valence-corrected chi connectivity index (χ1v) is 7.03. The molecule has 0 aliphatic heterocycles. The van der Waals surface area contributed by atoms with E-state index >= 15 is 0 Å². The van der Waals surface area contributed by atoms with Crippen molar-refractivity contribution in [1.82, 2.24) is 5.32 Å². The summed E-state index contributed by atoms with van der Waals surface area (Å²) in [5, 5.41) is 3.03. The third-order valence-electron chi connectivity index (χ3n) is 3.28. The van der Waals surface area contributed by atoms with Crippen LogP contribution in [0.1, 0.15) is 18.1 Å². The molecule has 0 radical (unpaired) electrons. The largest absolute Gasteiger partial charge is 0.489 e. The SMILES string of the molecule is C[C@@H](NCc1ccc(OCc2ccc(F)cc2)cc1)C(N)=O. The van der Waals surface area contributed by atoms with Gasteiger partial charge in [0.2, 0.25) is 5.91 Å². The Morgan fingerprint density at radius 2 is 1.73 bits per heavy atom. The Morgan fingerprint density at radius 3 is 2.32 bits per heavy atom. The first-order chi connectivity index (χ1) is 10.5. The van der Waals surface area contributed by atoms with Gasteiger partial charge in [0.15, 0.2) is 0 Å². The maximum absolute atomic E-state index is 12.8. The summed E-state index contributed by atoms with van der Waals surface area (Å²) in [5.74, 6) is 0.0982. The van der Waals surface area contributed by atoms with Crippen LogP contribution in [-0.4, -0.2) is 11.9 Å². The summed E-state index contributed by atoms with van der Waals surface area (Å²) in [5.41, 5.74) is 7.12. The molecule has 2 aromatic carbocycles. The van der Waals surface area contributed by atoms with Crippen LogP contribution in [-0.2, 0) is 17.9 Å². The van der Waals surface area contributed by atoms with Crippen LogP contribution in [0.4, 0.5) is 4.39 Å². The highest BCUT2D eigenvalue weighted by molar-refractivity contribution is 5.79. The number of rotatable bonds is 7. The molecular weight excluding hydrogens is 283 g/mol. The van der Waals surface area contributed by atoms with Gasteiger partial charge in [0, 0.05) is 6.54 Å². The van der Waals surface area contributed by atoms with E-state index in [1.165, 1.54) is 12.1 Å². The molecule has 1 atom stereocenters. The molecule has 0 aromatic heterocycles. The number of carbonyl (C=O) groups excluding carboxylic acids is 1. The summed E-state index contributed by atoms with van der Waals surface area (Å²) in [6.07, 6.45) is 0. The van der Waals surface area contributed by atoms with Gasteiger partial charge in [-0.1, -0.05) is 24.3 Å². The van der Waals surface area contributed by atoms with Crippen molar-refractivity contribution in [3.63, 3.8) is 0 Å². The molecule has 5 heteroatoms. The minimum Gasteiger partial charge on any atom is -0.489 e. The lowest BCUT2D eigenvalue weighted by atomic mass is 10.2. The van der Waals surface area contributed by atoms with Gasteiger partial charge in [0.05, 0.1) is 6.04 Å². The van der Waals surface area contributed by atoms with E-state index in [0.29, 0.717) is 13.2 Å². The lowest BCUT2D eigenvalue weighted by molar-refractivity contribution is -0.119. The summed E-state index contributed by atoms with van der Waals surface area (Å²) in [4.78, 5) is 10.9. The number of amides is 1. The molecule has 0 heterocycles. The van der Waals surface area contributed by atoms with E-state index in [2.05, 4.69) is 5.32 Å². The first kappa shape index (κ1) is 16.0. The number of ether oxygens (including phenoxy) is 1. The number of hydrogen-bond donors (Lipinski definition) is 2. The predicted molar refractivity (Wildman–Crippen MR) is 82.7 cm³/mol. The molecule has 0 saturated carbocycles. The van der Waals surface area contributed by atoms with Crippen molar-refractivity contribution in [1.29, 1.82) is 0 Å². The predicted octanol–water partition coefficient (Wildman–Crippen LogP) is 2.37. The Morgan fingerprint density at radius 1 is 1.14 bits per heavy atom. The Balaban J connectivity index is 1.83. The van der Waals surface area contributed by atoms with Crippen molar-refractivity contribution in [3.05, 3.63) is 65.5 Å². The molecule has 0 bridgehead atoms. The lowest BCUT2D eigenvalue weighted by Gasteiger charge is -2.11. The Hall–Kier alpha value is -2.40. The van der Waals surface area contributed by atoms with Gasteiger partial charge in [-0.3, -0.25) is 4.79 Å². The fraction of sp³-hybridized carbons (Fsp3) is 0.235. The van der Waals surface area contributed by atoms with Gasteiger partial charge < -0.3 is 15.8 Å². The summed E-state index contributed by atoms with van der Waals surface area (Å²) in [6, 6.07) is 13.4. The van der Waals surface area contributed by atoms with E-state index in [4.69, 9.17) is 10.5 Å². The Labute approximate surface area is 129 Å². The van der Waals surface area contributed by atoms with Gasteiger partial charge in [0.1, 0.15) is 18.2 Å². The molecule has 3 N–H and O–H groups in total. The maximum atomic E-state index is 12.8. The maximum Gasteiger partial charge on any atom is 0.234 e. The van der Waals surface area contributed by atoms with Crippen LogP contribution in [0, 0.1) is 5.82 Å². The van der Waals surface area contributed by atoms with Crippen LogP contribution in [0.2, 0.25) is 0 Å². The second kappa shape index (κ2) is 7.56. The van der Waals surface area contributed by atoms with Gasteiger partial charge in [-0.25, -0.2) is 4.39 Å². The highest BCUT2D eigenvalue weighted by Gasteiger charge is 2.07. The fourth-order valence-electron chi connectivity index (χ4n) is 1.82. The normalized spacial score (nSPS) is 11.9. The third-order valence-corrected chi connectivity index (χ3v) is 3.28. The molecule has 22 heavy (non-hydrogen) atoms. The molecule has 0 aliphatic carbocycles. The van der Waals surface area contributed by atoms with Crippen molar-refractivity contribution in [3.8, 4) is 5.75 Å². The zero-order valence-electron chi connectivity index (χ0n) is 12.4. The van der Waals surface area contributed by atoms with Crippen LogP contribution >= 0.6 is 0 Å². The van der Waals surface area contributed by atoms with Crippen LogP contribution in [0.3, 0.4) is 0 Å². The number of benzene rings is 2. The summed E-state index contributed by atoms with van der Waals surface area (Å²) >= 11 is 0. The molecule has 1 amide bonds. The van der Waals surface area contributed by atoms with Crippen LogP contribution in [0.25, 0.3) is 0 Å². The van der Waals surface area contributed by atoms with E-state index in [0.717, 1.165) is 16.9 Å². The molecule has 4 nitrogen and oxygen atoms in total. The molecule has 0 aliphatic rings. The first-order valence-electron chi connectivity index (χ1n) is 7.03. The molecule has 2 rings (SSSR count). The number of hydrogen-bond acceptors (Lipinski definition) is 3. The lowest BCUT2D eigenvalue weighted by Crippen LogP contribution is -2.38. The van der Waals surface area contributed by atoms with E-state index in [9.17, 15) is 9.18 Å². The molecule has 116 valence electrons. The smallest absolute Gasteiger partial charge is 0.234 e. The minimum atomic E-state index is -0.376.